The molecule has 2 aliphatic heterocycles. The van der Waals surface area contributed by atoms with Crippen LogP contribution in [0.4, 0.5) is 5.69 Å². The van der Waals surface area contributed by atoms with Crippen LogP contribution in [0.1, 0.15) is 68.2 Å². The minimum atomic E-state index is -0.768. The van der Waals surface area contributed by atoms with E-state index in [0.29, 0.717) is 25.1 Å². The minimum Gasteiger partial charge on any atom is -0.401 e. The lowest BCUT2D eigenvalue weighted by Crippen LogP contribution is -2.53. The van der Waals surface area contributed by atoms with Crippen LogP contribution in [0, 0.1) is 17.8 Å². The van der Waals surface area contributed by atoms with Gasteiger partial charge in [0.1, 0.15) is 6.04 Å². The first-order valence-corrected chi connectivity index (χ1v) is 12.3. The Morgan fingerprint density at radius 3 is 2.49 bits per heavy atom. The van der Waals surface area contributed by atoms with Gasteiger partial charge in [0, 0.05) is 49.2 Å². The highest BCUT2D eigenvalue weighted by atomic mass is 16.2. The van der Waals surface area contributed by atoms with Gasteiger partial charge in [0.05, 0.1) is 22.6 Å². The molecule has 37 heavy (non-hydrogen) atoms. The number of benzene rings is 1. The lowest BCUT2D eigenvalue weighted by molar-refractivity contribution is -0.136. The lowest BCUT2D eigenvalue weighted by atomic mass is 9.96. The van der Waals surface area contributed by atoms with E-state index in [2.05, 4.69) is 27.0 Å². The third-order valence-electron chi connectivity index (χ3n) is 6.30. The average molecular weight is 506 g/mol. The van der Waals surface area contributed by atoms with Crippen molar-refractivity contribution in [2.24, 2.45) is 16.6 Å². The van der Waals surface area contributed by atoms with Crippen LogP contribution in [0.3, 0.4) is 0 Å². The first-order chi connectivity index (χ1) is 17.3. The number of aldehydes is 1. The predicted molar refractivity (Wildman–Crippen MR) is 143 cm³/mol. The number of carbonyl (C=O) groups excluding carboxylic acids is 4. The SMILES string of the molecule is CC(=NC(C)(C)C)C(C#CC1CN(c2ccc(C=O)c(C(=O)N(C)C3CCC(=O)NC3=O)c2)C1)=C(C)N. The fraction of sp³-hybridized carbons (Fsp3) is 0.464. The van der Waals surface area contributed by atoms with Crippen molar-refractivity contribution in [2.45, 2.75) is 59.0 Å². The zero-order valence-corrected chi connectivity index (χ0v) is 22.3. The Morgan fingerprint density at radius 1 is 1.24 bits per heavy atom. The second kappa shape index (κ2) is 11.0. The number of imide groups is 1. The Bertz CT molecular complexity index is 1240. The molecule has 0 saturated carbocycles. The van der Waals surface area contributed by atoms with Gasteiger partial charge in [0.25, 0.3) is 5.91 Å². The lowest BCUT2D eigenvalue weighted by Gasteiger charge is -2.39. The monoisotopic (exact) mass is 505 g/mol. The molecular weight excluding hydrogens is 470 g/mol. The molecule has 3 N–H and O–H groups in total. The molecule has 3 rings (SSSR count). The summed E-state index contributed by atoms with van der Waals surface area (Å²) in [5, 5.41) is 2.26. The van der Waals surface area contributed by atoms with Crippen LogP contribution in [-0.4, -0.2) is 66.3 Å². The van der Waals surface area contributed by atoms with Gasteiger partial charge in [-0.2, -0.15) is 0 Å². The smallest absolute Gasteiger partial charge is 0.255 e. The number of anilines is 1. The molecule has 0 aromatic heterocycles. The van der Waals surface area contributed by atoms with Gasteiger partial charge in [-0.05, 0) is 59.2 Å². The van der Waals surface area contributed by atoms with Gasteiger partial charge < -0.3 is 15.5 Å². The number of aliphatic imine (C=N–C) groups is 1. The molecule has 1 aromatic carbocycles. The third-order valence-corrected chi connectivity index (χ3v) is 6.30. The van der Waals surface area contributed by atoms with E-state index in [9.17, 15) is 19.2 Å². The summed E-state index contributed by atoms with van der Waals surface area (Å²) in [6.07, 6.45) is 1.03. The molecule has 1 aromatic rings. The Labute approximate surface area is 218 Å². The number of carbonyl (C=O) groups is 4. The fourth-order valence-electron chi connectivity index (χ4n) is 4.40. The van der Waals surface area contributed by atoms with Gasteiger partial charge >= 0.3 is 0 Å². The summed E-state index contributed by atoms with van der Waals surface area (Å²) in [4.78, 5) is 56.6. The van der Waals surface area contributed by atoms with Gasteiger partial charge in [0.2, 0.25) is 11.8 Å². The maximum atomic E-state index is 13.2. The standard InChI is InChI=1S/C28H35N5O4/c1-17(29)22(18(2)31-28(3,4)5)10-7-19-14-33(15-19)21-9-8-20(16-34)23(13-21)27(37)32(6)24-11-12-25(35)30-26(24)36/h8-9,13,16,19,24H,11-12,14-15,29H2,1-6H3,(H,30,35,36). The third kappa shape index (κ3) is 6.64. The molecule has 196 valence electrons. The van der Waals surface area contributed by atoms with Crippen molar-refractivity contribution >= 4 is 35.4 Å². The molecule has 9 heteroatoms. The number of hydrogen-bond acceptors (Lipinski definition) is 7. The molecule has 2 saturated heterocycles. The van der Waals surface area contributed by atoms with Crippen molar-refractivity contribution in [1.29, 1.82) is 0 Å². The highest BCUT2D eigenvalue weighted by Gasteiger charge is 2.34. The number of allylic oxidation sites excluding steroid dienone is 2. The number of nitrogens with zero attached hydrogens (tertiary/aromatic N) is 3. The van der Waals surface area contributed by atoms with Crippen molar-refractivity contribution in [2.75, 3.05) is 25.0 Å². The number of likely N-dealkylation sites (N-methyl/N-ethyl adjacent to an activating group) is 1. The second-order valence-corrected chi connectivity index (χ2v) is 10.6. The first-order valence-electron chi connectivity index (χ1n) is 12.3. The van der Waals surface area contributed by atoms with Crippen LogP contribution in [0.15, 0.2) is 34.5 Å². The minimum absolute atomic E-state index is 0.118. The zero-order valence-electron chi connectivity index (χ0n) is 22.3. The summed E-state index contributed by atoms with van der Waals surface area (Å²) in [6.45, 7) is 11.1. The summed E-state index contributed by atoms with van der Waals surface area (Å²) >= 11 is 0. The Balaban J connectivity index is 1.74. The maximum absolute atomic E-state index is 13.2. The molecule has 1 unspecified atom stereocenters. The van der Waals surface area contributed by atoms with Gasteiger partial charge in [-0.15, -0.1) is 0 Å². The number of amides is 3. The first kappa shape index (κ1) is 27.7. The summed E-state index contributed by atoms with van der Waals surface area (Å²) in [5.74, 6) is 5.29. The average Bonchev–Trinajstić information content (AvgIpc) is 2.77. The highest BCUT2D eigenvalue weighted by molar-refractivity contribution is 6.06. The molecule has 0 radical (unpaired) electrons. The molecule has 2 heterocycles. The number of nitrogens with one attached hydrogen (secondary N) is 1. The van der Waals surface area contributed by atoms with Crippen molar-refractivity contribution in [3.05, 3.63) is 40.6 Å². The van der Waals surface area contributed by atoms with Crippen LogP contribution in [0.25, 0.3) is 0 Å². The highest BCUT2D eigenvalue weighted by Crippen LogP contribution is 2.27. The summed E-state index contributed by atoms with van der Waals surface area (Å²) in [6, 6.07) is 4.31. The molecule has 3 amide bonds. The summed E-state index contributed by atoms with van der Waals surface area (Å²) in [5.41, 5.74) is 9.27. The fourth-order valence-corrected chi connectivity index (χ4v) is 4.40. The molecule has 0 spiro atoms. The topological polar surface area (TPSA) is 125 Å². The molecule has 0 aliphatic carbocycles. The molecule has 1 atom stereocenters. The quantitative estimate of drug-likeness (QED) is 0.274. The normalized spacial score (nSPS) is 19.2. The van der Waals surface area contributed by atoms with Gasteiger partial charge in [0.15, 0.2) is 6.29 Å². The van der Waals surface area contributed by atoms with Crippen molar-refractivity contribution < 1.29 is 19.2 Å². The predicted octanol–water partition coefficient (Wildman–Crippen LogP) is 2.31. The van der Waals surface area contributed by atoms with Crippen molar-refractivity contribution in [1.82, 2.24) is 10.2 Å². The van der Waals surface area contributed by atoms with Crippen molar-refractivity contribution in [3.63, 3.8) is 0 Å². The molecular formula is C28H35N5O4. The van der Waals surface area contributed by atoms with E-state index in [1.165, 1.54) is 11.9 Å². The number of nitrogens with two attached hydrogens (primary N) is 1. The molecule has 9 nitrogen and oxygen atoms in total. The number of rotatable bonds is 5. The maximum Gasteiger partial charge on any atom is 0.255 e. The van der Waals surface area contributed by atoms with E-state index in [1.54, 1.807) is 18.2 Å². The molecule has 2 fully saturated rings. The van der Waals surface area contributed by atoms with Crippen LogP contribution in [-0.2, 0) is 9.59 Å². The van der Waals surface area contributed by atoms with Crippen LogP contribution in [0.5, 0.6) is 0 Å². The Morgan fingerprint density at radius 2 is 1.92 bits per heavy atom. The molecule has 2 aliphatic rings. The summed E-state index contributed by atoms with van der Waals surface area (Å²) < 4.78 is 0. The van der Waals surface area contributed by atoms with Crippen LogP contribution in [0.2, 0.25) is 0 Å². The number of hydrogen-bond donors (Lipinski definition) is 2. The van der Waals surface area contributed by atoms with E-state index >= 15 is 0 Å². The Kier molecular flexibility index (Phi) is 8.22. The van der Waals surface area contributed by atoms with Crippen LogP contribution < -0.4 is 16.0 Å². The molecule has 0 bridgehead atoms. The van der Waals surface area contributed by atoms with E-state index in [0.717, 1.165) is 17.0 Å². The van der Waals surface area contributed by atoms with Crippen molar-refractivity contribution in [3.8, 4) is 11.8 Å². The Hall–Kier alpha value is -3.93. The second-order valence-electron chi connectivity index (χ2n) is 10.6. The largest absolute Gasteiger partial charge is 0.401 e. The summed E-state index contributed by atoms with van der Waals surface area (Å²) in [7, 11) is 1.51. The van der Waals surface area contributed by atoms with Crippen LogP contribution >= 0.6 is 0 Å². The van der Waals surface area contributed by atoms with E-state index in [1.807, 2.05) is 34.6 Å². The van der Waals surface area contributed by atoms with Gasteiger partial charge in [-0.1, -0.05) is 11.8 Å². The van der Waals surface area contributed by atoms with Gasteiger partial charge in [-0.3, -0.25) is 29.5 Å². The van der Waals surface area contributed by atoms with E-state index in [4.69, 9.17) is 5.73 Å². The van der Waals surface area contributed by atoms with E-state index < -0.39 is 17.9 Å². The zero-order chi connectivity index (χ0) is 27.5. The number of piperidine rings is 1. The van der Waals surface area contributed by atoms with E-state index in [-0.39, 0.29) is 41.3 Å². The van der Waals surface area contributed by atoms with Gasteiger partial charge in [-0.25, -0.2) is 0 Å².